The first-order chi connectivity index (χ1) is 9.26. The summed E-state index contributed by atoms with van der Waals surface area (Å²) in [5, 5.41) is 8.61. The van der Waals surface area contributed by atoms with E-state index < -0.39 is 0 Å². The number of rotatable bonds is 3. The van der Waals surface area contributed by atoms with Crippen molar-refractivity contribution in [1.82, 2.24) is 15.0 Å². The third-order valence-corrected chi connectivity index (χ3v) is 3.30. The zero-order chi connectivity index (χ0) is 13.2. The van der Waals surface area contributed by atoms with Gasteiger partial charge < -0.3 is 9.47 Å². The lowest BCUT2D eigenvalue weighted by atomic mass is 10.1. The van der Waals surface area contributed by atoms with Crippen molar-refractivity contribution in [2.24, 2.45) is 0 Å². The lowest BCUT2D eigenvalue weighted by Gasteiger charge is -2.21. The Bertz CT molecular complexity index is 601. The number of hydrogen-bond acceptors (Lipinski definition) is 4. The lowest BCUT2D eigenvalue weighted by molar-refractivity contribution is -0.0171. The second-order valence-electron chi connectivity index (χ2n) is 4.20. The fourth-order valence-corrected chi connectivity index (χ4v) is 2.41. The van der Waals surface area contributed by atoms with E-state index in [9.17, 15) is 0 Å². The van der Waals surface area contributed by atoms with Crippen molar-refractivity contribution < 1.29 is 9.47 Å². The van der Waals surface area contributed by atoms with Crippen LogP contribution in [-0.2, 0) is 23.8 Å². The minimum absolute atomic E-state index is 0.256. The summed E-state index contributed by atoms with van der Waals surface area (Å²) in [6.45, 7) is 1.30. The Morgan fingerprint density at radius 1 is 1.37 bits per heavy atom. The maximum Gasteiger partial charge on any atom is 0.189 e. The minimum atomic E-state index is 0.256. The van der Waals surface area contributed by atoms with Crippen LogP contribution in [0.25, 0.3) is 0 Å². The molecule has 5 nitrogen and oxygen atoms in total. The van der Waals surface area contributed by atoms with Crippen LogP contribution in [0, 0.1) is 0 Å². The number of ether oxygens (including phenoxy) is 2. The molecule has 0 saturated heterocycles. The molecule has 2 aromatic rings. The predicted octanol–water partition coefficient (Wildman–Crippen LogP) is 2.59. The van der Waals surface area contributed by atoms with Crippen LogP contribution in [0.1, 0.15) is 16.8 Å². The largest absolute Gasteiger partial charge is 0.467 e. The zero-order valence-corrected chi connectivity index (χ0v) is 11.5. The highest BCUT2D eigenvalue weighted by Gasteiger charge is 2.17. The molecular weight excluding hydrogens is 289 g/mol. The average molecular weight is 300 g/mol. The molecule has 19 heavy (non-hydrogen) atoms. The fourth-order valence-electron chi connectivity index (χ4n) is 2.03. The molecule has 0 fully saturated rings. The van der Waals surface area contributed by atoms with E-state index in [2.05, 4.69) is 10.3 Å². The van der Waals surface area contributed by atoms with E-state index in [4.69, 9.17) is 32.7 Å². The quantitative estimate of drug-likeness (QED) is 0.818. The first kappa shape index (κ1) is 12.7. The Morgan fingerprint density at radius 3 is 3.05 bits per heavy atom. The molecule has 0 radical (unpaired) electrons. The molecule has 0 saturated carbocycles. The molecule has 0 N–H and O–H groups in total. The van der Waals surface area contributed by atoms with Crippen molar-refractivity contribution in [1.29, 1.82) is 0 Å². The van der Waals surface area contributed by atoms with Crippen LogP contribution in [0.4, 0.5) is 0 Å². The third kappa shape index (κ3) is 2.68. The van der Waals surface area contributed by atoms with E-state index in [1.807, 2.05) is 12.1 Å². The maximum absolute atomic E-state index is 6.10. The van der Waals surface area contributed by atoms with E-state index in [-0.39, 0.29) is 6.79 Å². The summed E-state index contributed by atoms with van der Waals surface area (Å²) in [5.74, 6) is 1.16. The van der Waals surface area contributed by atoms with Crippen LogP contribution < -0.4 is 4.74 Å². The Morgan fingerprint density at radius 2 is 2.26 bits per heavy atom. The van der Waals surface area contributed by atoms with E-state index in [0.717, 1.165) is 22.6 Å². The van der Waals surface area contributed by atoms with Crippen molar-refractivity contribution in [2.75, 3.05) is 6.79 Å². The molecule has 0 bridgehead atoms. The highest BCUT2D eigenvalue weighted by molar-refractivity contribution is 6.30. The van der Waals surface area contributed by atoms with E-state index in [0.29, 0.717) is 24.1 Å². The van der Waals surface area contributed by atoms with Gasteiger partial charge in [0.05, 0.1) is 30.9 Å². The molecule has 1 aliphatic rings. The standard InChI is InChI=1S/C12H11Cl2N3O2/c13-3-11-5-17(16-15-11)4-8-1-10(14)2-9-6-18-7-19-12(8)9/h1-2,5H,3-4,6-7H2. The van der Waals surface area contributed by atoms with Crippen molar-refractivity contribution in [3.63, 3.8) is 0 Å². The van der Waals surface area contributed by atoms with Gasteiger partial charge in [-0.1, -0.05) is 16.8 Å². The molecule has 0 unspecified atom stereocenters. The van der Waals surface area contributed by atoms with Crippen LogP contribution in [0.5, 0.6) is 5.75 Å². The number of benzene rings is 1. The Hall–Kier alpha value is -1.30. The molecular formula is C12H11Cl2N3O2. The smallest absolute Gasteiger partial charge is 0.189 e. The number of nitrogens with zero attached hydrogens (tertiary/aromatic N) is 3. The molecule has 100 valence electrons. The van der Waals surface area contributed by atoms with Gasteiger partial charge in [-0.2, -0.15) is 0 Å². The fraction of sp³-hybridized carbons (Fsp3) is 0.333. The van der Waals surface area contributed by atoms with Gasteiger partial charge in [-0.15, -0.1) is 16.7 Å². The van der Waals surface area contributed by atoms with Gasteiger partial charge in [0.25, 0.3) is 0 Å². The highest BCUT2D eigenvalue weighted by Crippen LogP contribution is 2.32. The van der Waals surface area contributed by atoms with Crippen LogP contribution in [-0.4, -0.2) is 21.8 Å². The molecule has 0 amide bonds. The SMILES string of the molecule is ClCc1cn(Cc2cc(Cl)cc3c2OCOC3)nn1. The van der Waals surface area contributed by atoms with E-state index in [1.165, 1.54) is 0 Å². The number of alkyl halides is 1. The van der Waals surface area contributed by atoms with Gasteiger partial charge in [-0.05, 0) is 12.1 Å². The van der Waals surface area contributed by atoms with E-state index in [1.54, 1.807) is 10.9 Å². The van der Waals surface area contributed by atoms with Gasteiger partial charge in [0, 0.05) is 16.1 Å². The average Bonchev–Trinajstić information content (AvgIpc) is 2.86. The topological polar surface area (TPSA) is 49.2 Å². The van der Waals surface area contributed by atoms with Gasteiger partial charge in [0.2, 0.25) is 0 Å². The van der Waals surface area contributed by atoms with Gasteiger partial charge in [0.15, 0.2) is 6.79 Å². The van der Waals surface area contributed by atoms with E-state index >= 15 is 0 Å². The zero-order valence-electron chi connectivity index (χ0n) is 9.97. The highest BCUT2D eigenvalue weighted by atomic mass is 35.5. The Labute approximate surface area is 120 Å². The molecule has 2 heterocycles. The number of fused-ring (bicyclic) bond motifs is 1. The summed E-state index contributed by atoms with van der Waals surface area (Å²) in [5.41, 5.74) is 2.64. The molecule has 1 aliphatic heterocycles. The maximum atomic E-state index is 6.10. The van der Waals surface area contributed by atoms with Crippen LogP contribution >= 0.6 is 23.2 Å². The first-order valence-corrected chi connectivity index (χ1v) is 6.64. The Balaban J connectivity index is 1.93. The molecule has 0 atom stereocenters. The molecule has 1 aromatic heterocycles. The van der Waals surface area contributed by atoms with Gasteiger partial charge in [-0.3, -0.25) is 0 Å². The second-order valence-corrected chi connectivity index (χ2v) is 4.91. The second kappa shape index (κ2) is 5.36. The summed E-state index contributed by atoms with van der Waals surface area (Å²) in [6, 6.07) is 3.72. The normalized spacial score (nSPS) is 14.0. The number of aromatic nitrogens is 3. The van der Waals surface area contributed by atoms with Crippen molar-refractivity contribution in [3.8, 4) is 5.75 Å². The summed E-state index contributed by atoms with van der Waals surface area (Å²) in [6.07, 6.45) is 1.81. The minimum Gasteiger partial charge on any atom is -0.467 e. The molecule has 7 heteroatoms. The van der Waals surface area contributed by atoms with Gasteiger partial charge in [0.1, 0.15) is 5.75 Å². The number of hydrogen-bond donors (Lipinski definition) is 0. The summed E-state index contributed by atoms with van der Waals surface area (Å²) >= 11 is 11.8. The van der Waals surface area contributed by atoms with Gasteiger partial charge in [-0.25, -0.2) is 4.68 Å². The number of halogens is 2. The van der Waals surface area contributed by atoms with Crippen LogP contribution in [0.15, 0.2) is 18.3 Å². The third-order valence-electron chi connectivity index (χ3n) is 2.81. The molecule has 0 spiro atoms. The lowest BCUT2D eigenvalue weighted by Crippen LogP contribution is -2.14. The van der Waals surface area contributed by atoms with Gasteiger partial charge >= 0.3 is 0 Å². The summed E-state index contributed by atoms with van der Waals surface area (Å²) in [4.78, 5) is 0. The monoisotopic (exact) mass is 299 g/mol. The first-order valence-electron chi connectivity index (χ1n) is 5.73. The van der Waals surface area contributed by atoms with Crippen molar-refractivity contribution in [3.05, 3.63) is 40.2 Å². The predicted molar refractivity (Wildman–Crippen MR) is 70.4 cm³/mol. The molecule has 0 aliphatic carbocycles. The molecule has 1 aromatic carbocycles. The van der Waals surface area contributed by atoms with Crippen molar-refractivity contribution in [2.45, 2.75) is 19.0 Å². The summed E-state index contributed by atoms with van der Waals surface area (Å²) < 4.78 is 12.5. The van der Waals surface area contributed by atoms with Crippen LogP contribution in [0.2, 0.25) is 5.02 Å². The van der Waals surface area contributed by atoms with Crippen LogP contribution in [0.3, 0.4) is 0 Å². The molecule has 3 rings (SSSR count). The summed E-state index contributed by atoms with van der Waals surface area (Å²) in [7, 11) is 0. The Kier molecular flexibility index (Phi) is 3.59. The van der Waals surface area contributed by atoms with Crippen molar-refractivity contribution >= 4 is 23.2 Å².